The molecule has 0 saturated heterocycles. The van der Waals surface area contributed by atoms with Crippen molar-refractivity contribution in [3.05, 3.63) is 102 Å². The van der Waals surface area contributed by atoms with Gasteiger partial charge in [-0.1, -0.05) is 66.2 Å². The zero-order chi connectivity index (χ0) is 17.6. The summed E-state index contributed by atoms with van der Waals surface area (Å²) >= 11 is 0. The second-order valence-electron chi connectivity index (χ2n) is 6.14. The molecular formula is C23H22O2. The highest BCUT2D eigenvalue weighted by atomic mass is 16.5. The Kier molecular flexibility index (Phi) is 5.20. The second-order valence-corrected chi connectivity index (χ2v) is 6.14. The van der Waals surface area contributed by atoms with Gasteiger partial charge < -0.3 is 9.47 Å². The largest absolute Gasteiger partial charge is 0.489 e. The summed E-state index contributed by atoms with van der Waals surface area (Å²) in [5.41, 5.74) is 4.52. The third-order valence-electron chi connectivity index (χ3n) is 3.96. The SMILES string of the molecule is C=C(Oc1ccc(COc2ccc(C)cc2)cc1)c1ccc(C)cc1. The van der Waals surface area contributed by atoms with Crippen LogP contribution in [0.5, 0.6) is 11.5 Å². The van der Waals surface area contributed by atoms with Gasteiger partial charge in [-0.2, -0.15) is 0 Å². The monoisotopic (exact) mass is 330 g/mol. The van der Waals surface area contributed by atoms with E-state index >= 15 is 0 Å². The van der Waals surface area contributed by atoms with E-state index in [-0.39, 0.29) is 0 Å². The molecule has 0 fully saturated rings. The number of rotatable bonds is 6. The van der Waals surface area contributed by atoms with Gasteiger partial charge in [-0.15, -0.1) is 0 Å². The van der Waals surface area contributed by atoms with E-state index in [9.17, 15) is 0 Å². The van der Waals surface area contributed by atoms with Gasteiger partial charge in [0.25, 0.3) is 0 Å². The first-order chi connectivity index (χ1) is 12.1. The van der Waals surface area contributed by atoms with Crippen LogP contribution in [0.4, 0.5) is 0 Å². The summed E-state index contributed by atoms with van der Waals surface area (Å²) in [7, 11) is 0. The van der Waals surface area contributed by atoms with Gasteiger partial charge in [0.2, 0.25) is 0 Å². The summed E-state index contributed by atoms with van der Waals surface area (Å²) < 4.78 is 11.6. The van der Waals surface area contributed by atoms with Crippen LogP contribution in [0.25, 0.3) is 5.76 Å². The molecule has 3 rings (SSSR count). The lowest BCUT2D eigenvalue weighted by Crippen LogP contribution is -1.96. The Hall–Kier alpha value is -3.00. The molecule has 0 radical (unpaired) electrons. The first kappa shape index (κ1) is 16.8. The fourth-order valence-electron chi connectivity index (χ4n) is 2.40. The van der Waals surface area contributed by atoms with E-state index in [1.54, 1.807) is 0 Å². The van der Waals surface area contributed by atoms with Crippen molar-refractivity contribution in [1.82, 2.24) is 0 Å². The van der Waals surface area contributed by atoms with Crippen LogP contribution in [0.15, 0.2) is 79.4 Å². The zero-order valence-electron chi connectivity index (χ0n) is 14.7. The number of hydrogen-bond acceptors (Lipinski definition) is 2. The normalized spacial score (nSPS) is 10.3. The summed E-state index contributed by atoms with van der Waals surface area (Å²) in [4.78, 5) is 0. The Bertz CT molecular complexity index is 829. The van der Waals surface area contributed by atoms with Gasteiger partial charge in [0.05, 0.1) is 0 Å². The maximum atomic E-state index is 5.84. The van der Waals surface area contributed by atoms with E-state index in [1.165, 1.54) is 11.1 Å². The highest BCUT2D eigenvalue weighted by Gasteiger charge is 2.03. The van der Waals surface area contributed by atoms with Gasteiger partial charge in [-0.25, -0.2) is 0 Å². The lowest BCUT2D eigenvalue weighted by atomic mass is 10.1. The summed E-state index contributed by atoms with van der Waals surface area (Å²) in [6.45, 7) is 8.66. The van der Waals surface area contributed by atoms with Gasteiger partial charge in [0.1, 0.15) is 23.9 Å². The first-order valence-electron chi connectivity index (χ1n) is 8.32. The second kappa shape index (κ2) is 7.71. The van der Waals surface area contributed by atoms with Crippen LogP contribution >= 0.6 is 0 Å². The van der Waals surface area contributed by atoms with Crippen LogP contribution in [0, 0.1) is 13.8 Å². The molecule has 0 aliphatic carbocycles. The molecule has 3 aromatic carbocycles. The lowest BCUT2D eigenvalue weighted by Gasteiger charge is -2.10. The Labute approximate surface area is 149 Å². The zero-order valence-corrected chi connectivity index (χ0v) is 14.7. The minimum atomic E-state index is 0.530. The predicted octanol–water partition coefficient (Wildman–Crippen LogP) is 5.93. The summed E-state index contributed by atoms with van der Waals surface area (Å²) in [6.07, 6.45) is 0. The standard InChI is InChI=1S/C23H22O2/c1-17-4-10-21(11-5-17)19(3)25-23-14-8-20(9-15-23)16-24-22-12-6-18(2)7-13-22/h4-15H,3,16H2,1-2H3. The van der Waals surface area contributed by atoms with Crippen LogP contribution in [0.2, 0.25) is 0 Å². The Morgan fingerprint density at radius 3 is 1.84 bits per heavy atom. The molecule has 0 N–H and O–H groups in total. The van der Waals surface area contributed by atoms with Crippen molar-refractivity contribution in [3.63, 3.8) is 0 Å². The molecule has 25 heavy (non-hydrogen) atoms. The molecule has 0 bridgehead atoms. The van der Waals surface area contributed by atoms with E-state index in [4.69, 9.17) is 9.47 Å². The van der Waals surface area contributed by atoms with Gasteiger partial charge in [-0.05, 0) is 43.7 Å². The van der Waals surface area contributed by atoms with E-state index in [1.807, 2.05) is 60.7 Å². The van der Waals surface area contributed by atoms with Crippen LogP contribution < -0.4 is 9.47 Å². The first-order valence-corrected chi connectivity index (χ1v) is 8.32. The molecule has 0 saturated carbocycles. The summed E-state index contributed by atoms with van der Waals surface area (Å²) in [6, 6.07) is 24.1. The smallest absolute Gasteiger partial charge is 0.127 e. The van der Waals surface area contributed by atoms with Gasteiger partial charge in [0, 0.05) is 5.56 Å². The van der Waals surface area contributed by atoms with E-state index in [0.717, 1.165) is 22.6 Å². The number of benzene rings is 3. The Morgan fingerprint density at radius 2 is 1.24 bits per heavy atom. The highest BCUT2D eigenvalue weighted by molar-refractivity contribution is 5.60. The topological polar surface area (TPSA) is 18.5 Å². The van der Waals surface area contributed by atoms with E-state index in [0.29, 0.717) is 12.4 Å². The van der Waals surface area contributed by atoms with Gasteiger partial charge >= 0.3 is 0 Å². The quantitative estimate of drug-likeness (QED) is 0.521. The van der Waals surface area contributed by atoms with Gasteiger partial charge in [-0.3, -0.25) is 0 Å². The van der Waals surface area contributed by atoms with Crippen molar-refractivity contribution in [3.8, 4) is 11.5 Å². The Morgan fingerprint density at radius 1 is 0.720 bits per heavy atom. The third kappa shape index (κ3) is 4.74. The molecule has 3 aromatic rings. The van der Waals surface area contributed by atoms with Crippen molar-refractivity contribution in [2.45, 2.75) is 20.5 Å². The molecule has 2 nitrogen and oxygen atoms in total. The molecule has 0 amide bonds. The van der Waals surface area contributed by atoms with E-state index in [2.05, 4.69) is 32.6 Å². The Balaban J connectivity index is 1.57. The highest BCUT2D eigenvalue weighted by Crippen LogP contribution is 2.21. The third-order valence-corrected chi connectivity index (χ3v) is 3.96. The number of ether oxygens (including phenoxy) is 2. The lowest BCUT2D eigenvalue weighted by molar-refractivity contribution is 0.306. The van der Waals surface area contributed by atoms with Crippen molar-refractivity contribution < 1.29 is 9.47 Å². The average molecular weight is 330 g/mol. The fraction of sp³-hybridized carbons (Fsp3) is 0.130. The molecule has 126 valence electrons. The van der Waals surface area contributed by atoms with Crippen molar-refractivity contribution in [2.75, 3.05) is 0 Å². The number of aryl methyl sites for hydroxylation is 2. The fourth-order valence-corrected chi connectivity index (χ4v) is 2.40. The van der Waals surface area contributed by atoms with Gasteiger partial charge in [0.15, 0.2) is 0 Å². The molecule has 0 unspecified atom stereocenters. The van der Waals surface area contributed by atoms with Crippen LogP contribution in [-0.2, 0) is 6.61 Å². The molecule has 0 aliphatic heterocycles. The molecule has 0 aliphatic rings. The maximum Gasteiger partial charge on any atom is 0.127 e. The predicted molar refractivity (Wildman–Crippen MR) is 103 cm³/mol. The van der Waals surface area contributed by atoms with Crippen LogP contribution in [0.1, 0.15) is 22.3 Å². The van der Waals surface area contributed by atoms with Crippen molar-refractivity contribution >= 4 is 5.76 Å². The summed E-state index contributed by atoms with van der Waals surface area (Å²) in [5, 5.41) is 0. The van der Waals surface area contributed by atoms with Crippen LogP contribution in [0.3, 0.4) is 0 Å². The van der Waals surface area contributed by atoms with Crippen molar-refractivity contribution in [1.29, 1.82) is 0 Å². The average Bonchev–Trinajstić information content (AvgIpc) is 2.63. The minimum Gasteiger partial charge on any atom is -0.489 e. The van der Waals surface area contributed by atoms with E-state index < -0.39 is 0 Å². The van der Waals surface area contributed by atoms with Crippen molar-refractivity contribution in [2.24, 2.45) is 0 Å². The maximum absolute atomic E-state index is 5.84. The molecule has 2 heteroatoms. The molecular weight excluding hydrogens is 308 g/mol. The molecule has 0 spiro atoms. The van der Waals surface area contributed by atoms with Crippen LogP contribution in [-0.4, -0.2) is 0 Å². The number of hydrogen-bond donors (Lipinski definition) is 0. The molecule has 0 heterocycles. The molecule has 0 atom stereocenters. The molecule has 0 aromatic heterocycles. The summed E-state index contributed by atoms with van der Waals surface area (Å²) in [5.74, 6) is 2.28. The minimum absolute atomic E-state index is 0.530.